The number of thiocarbonyl (C=S) groups is 1. The van der Waals surface area contributed by atoms with Crippen molar-refractivity contribution in [1.82, 2.24) is 5.32 Å². The van der Waals surface area contributed by atoms with Gasteiger partial charge in [-0.1, -0.05) is 26.0 Å². The Morgan fingerprint density at radius 1 is 1.13 bits per heavy atom. The molecule has 1 saturated heterocycles. The number of hydrogen-bond acceptors (Lipinski definition) is 6. The third-order valence-electron chi connectivity index (χ3n) is 4.94. The molecule has 0 aromatic heterocycles. The fourth-order valence-electron chi connectivity index (χ4n) is 3.28. The van der Waals surface area contributed by atoms with E-state index in [-0.39, 0.29) is 17.5 Å². The first-order valence-electron chi connectivity index (χ1n) is 9.38. The summed E-state index contributed by atoms with van der Waals surface area (Å²) >= 11 is 5.26. The molecule has 0 spiro atoms. The molecule has 1 fully saturated rings. The number of carbonyl (C=O) groups is 2. The number of benzene rings is 2. The van der Waals surface area contributed by atoms with E-state index in [0.717, 1.165) is 5.56 Å². The first-order chi connectivity index (χ1) is 14.4. The van der Waals surface area contributed by atoms with Crippen LogP contribution < -0.4 is 24.4 Å². The summed E-state index contributed by atoms with van der Waals surface area (Å²) < 4.78 is 16.1. The molecule has 0 bridgehead atoms. The number of ether oxygens (including phenoxy) is 3. The van der Waals surface area contributed by atoms with Gasteiger partial charge in [-0.2, -0.15) is 0 Å². The summed E-state index contributed by atoms with van der Waals surface area (Å²) in [5, 5.41) is 2.63. The average molecular weight is 424 g/mol. The molecule has 2 aromatic carbocycles. The van der Waals surface area contributed by atoms with Gasteiger partial charge < -0.3 is 14.2 Å². The number of carbonyl (C=O) groups excluding carboxylic acids is 2. The highest BCUT2D eigenvalue weighted by molar-refractivity contribution is 7.80. The first kappa shape index (κ1) is 19.9. The molecular weight excluding hydrogens is 404 g/mol. The van der Waals surface area contributed by atoms with Crippen LogP contribution in [0.1, 0.15) is 30.9 Å². The van der Waals surface area contributed by atoms with E-state index < -0.39 is 11.8 Å². The Labute approximate surface area is 179 Å². The fourth-order valence-corrected chi connectivity index (χ4v) is 3.57. The van der Waals surface area contributed by atoms with Gasteiger partial charge in [0, 0.05) is 11.6 Å². The van der Waals surface area contributed by atoms with Crippen molar-refractivity contribution in [3.63, 3.8) is 0 Å². The minimum atomic E-state index is -0.570. The van der Waals surface area contributed by atoms with Crippen molar-refractivity contribution in [1.29, 1.82) is 0 Å². The largest absolute Gasteiger partial charge is 0.496 e. The summed E-state index contributed by atoms with van der Waals surface area (Å²) in [5.74, 6) is 0.787. The molecular formula is C22H20N2O5S. The van der Waals surface area contributed by atoms with E-state index in [2.05, 4.69) is 19.2 Å². The lowest BCUT2D eigenvalue weighted by atomic mass is 10.0. The summed E-state index contributed by atoms with van der Waals surface area (Å²) in [6, 6.07) is 10.8. The molecule has 154 valence electrons. The molecule has 2 aliphatic rings. The molecule has 8 heteroatoms. The molecule has 30 heavy (non-hydrogen) atoms. The number of anilines is 1. The number of fused-ring (bicyclic) bond motifs is 1. The van der Waals surface area contributed by atoms with Crippen molar-refractivity contribution in [3.05, 3.63) is 53.1 Å². The molecule has 0 atom stereocenters. The van der Waals surface area contributed by atoms with E-state index in [1.165, 1.54) is 18.1 Å². The van der Waals surface area contributed by atoms with Gasteiger partial charge in [-0.05, 0) is 48.0 Å². The predicted octanol–water partition coefficient (Wildman–Crippen LogP) is 3.38. The average Bonchev–Trinajstić information content (AvgIpc) is 3.18. The normalized spacial score (nSPS) is 17.0. The minimum absolute atomic E-state index is 0.0390. The smallest absolute Gasteiger partial charge is 0.270 e. The Morgan fingerprint density at radius 2 is 1.80 bits per heavy atom. The van der Waals surface area contributed by atoms with E-state index in [4.69, 9.17) is 26.4 Å². The van der Waals surface area contributed by atoms with Gasteiger partial charge in [-0.15, -0.1) is 0 Å². The minimum Gasteiger partial charge on any atom is -0.496 e. The molecule has 2 aliphatic heterocycles. The number of amides is 2. The van der Waals surface area contributed by atoms with Crippen LogP contribution in [0.5, 0.6) is 17.2 Å². The summed E-state index contributed by atoms with van der Waals surface area (Å²) in [4.78, 5) is 27.1. The van der Waals surface area contributed by atoms with Crippen LogP contribution >= 0.6 is 12.2 Å². The second kappa shape index (κ2) is 7.79. The monoisotopic (exact) mass is 424 g/mol. The maximum Gasteiger partial charge on any atom is 0.270 e. The summed E-state index contributed by atoms with van der Waals surface area (Å²) in [7, 11) is 1.50. The van der Waals surface area contributed by atoms with E-state index in [9.17, 15) is 9.59 Å². The standard InChI is InChI=1S/C22H20N2O5S/c1-12(2)13-4-6-15(7-5-13)24-21(26)16(20(25)23-22(24)30)8-14-9-18-19(29-11-28-18)10-17(14)27-3/h4-10,12H,11H2,1-3H3,(H,23,25,30)/b16-8+. The Hall–Kier alpha value is -3.39. The molecule has 2 aromatic rings. The molecule has 0 radical (unpaired) electrons. The summed E-state index contributed by atoms with van der Waals surface area (Å²) in [6.07, 6.45) is 1.47. The Balaban J connectivity index is 1.73. The van der Waals surface area contributed by atoms with Gasteiger partial charge in [-0.25, -0.2) is 0 Å². The zero-order chi connectivity index (χ0) is 21.4. The molecule has 7 nitrogen and oxygen atoms in total. The van der Waals surface area contributed by atoms with E-state index in [1.54, 1.807) is 12.1 Å². The van der Waals surface area contributed by atoms with Crippen molar-refractivity contribution in [2.75, 3.05) is 18.8 Å². The van der Waals surface area contributed by atoms with E-state index in [1.807, 2.05) is 24.3 Å². The number of methoxy groups -OCH3 is 1. The SMILES string of the molecule is COc1cc2c(cc1/C=C1\C(=O)NC(=S)N(c3ccc(C(C)C)cc3)C1=O)OCO2. The molecule has 0 saturated carbocycles. The van der Waals surface area contributed by atoms with Crippen LogP contribution in [0.2, 0.25) is 0 Å². The van der Waals surface area contributed by atoms with Gasteiger partial charge in [-0.3, -0.25) is 19.8 Å². The van der Waals surface area contributed by atoms with Gasteiger partial charge in [0.1, 0.15) is 11.3 Å². The second-order valence-corrected chi connectivity index (χ2v) is 7.54. The van der Waals surface area contributed by atoms with Gasteiger partial charge in [0.15, 0.2) is 16.6 Å². The zero-order valence-corrected chi connectivity index (χ0v) is 17.5. The Kier molecular flexibility index (Phi) is 5.17. The van der Waals surface area contributed by atoms with Crippen LogP contribution in [-0.4, -0.2) is 30.8 Å². The number of nitrogens with zero attached hydrogens (tertiary/aromatic N) is 1. The van der Waals surface area contributed by atoms with Crippen LogP contribution in [0.15, 0.2) is 42.0 Å². The first-order valence-corrected chi connectivity index (χ1v) is 9.79. The Morgan fingerprint density at radius 3 is 2.43 bits per heavy atom. The van der Waals surface area contributed by atoms with Gasteiger partial charge in [0.05, 0.1) is 12.8 Å². The fraction of sp³-hybridized carbons (Fsp3) is 0.227. The maximum atomic E-state index is 13.2. The van der Waals surface area contributed by atoms with Crippen molar-refractivity contribution in [2.45, 2.75) is 19.8 Å². The van der Waals surface area contributed by atoms with Crippen LogP contribution in [-0.2, 0) is 9.59 Å². The zero-order valence-electron chi connectivity index (χ0n) is 16.7. The third kappa shape index (κ3) is 3.50. The van der Waals surface area contributed by atoms with Crippen LogP contribution in [0, 0.1) is 0 Å². The highest BCUT2D eigenvalue weighted by Gasteiger charge is 2.35. The third-order valence-corrected chi connectivity index (χ3v) is 5.23. The predicted molar refractivity (Wildman–Crippen MR) is 116 cm³/mol. The molecule has 0 unspecified atom stereocenters. The molecule has 4 rings (SSSR count). The number of hydrogen-bond donors (Lipinski definition) is 1. The second-order valence-electron chi connectivity index (χ2n) is 7.15. The lowest BCUT2D eigenvalue weighted by Gasteiger charge is -2.29. The van der Waals surface area contributed by atoms with Crippen LogP contribution in [0.3, 0.4) is 0 Å². The number of nitrogens with one attached hydrogen (secondary N) is 1. The molecule has 2 amide bonds. The topological polar surface area (TPSA) is 77.1 Å². The van der Waals surface area contributed by atoms with Gasteiger partial charge in [0.25, 0.3) is 11.8 Å². The van der Waals surface area contributed by atoms with E-state index >= 15 is 0 Å². The van der Waals surface area contributed by atoms with Crippen LogP contribution in [0.4, 0.5) is 5.69 Å². The molecule has 1 N–H and O–H groups in total. The van der Waals surface area contributed by atoms with Crippen LogP contribution in [0.25, 0.3) is 6.08 Å². The maximum absolute atomic E-state index is 13.2. The Bertz CT molecular complexity index is 1080. The molecule has 2 heterocycles. The lowest BCUT2D eigenvalue weighted by molar-refractivity contribution is -0.122. The quantitative estimate of drug-likeness (QED) is 0.461. The highest BCUT2D eigenvalue weighted by atomic mass is 32.1. The summed E-state index contributed by atoms with van der Waals surface area (Å²) in [6.45, 7) is 4.28. The highest BCUT2D eigenvalue weighted by Crippen LogP contribution is 2.39. The van der Waals surface area contributed by atoms with Crippen molar-refractivity contribution < 1.29 is 23.8 Å². The van der Waals surface area contributed by atoms with E-state index in [0.29, 0.717) is 34.4 Å². The van der Waals surface area contributed by atoms with Crippen molar-refractivity contribution in [2.24, 2.45) is 0 Å². The van der Waals surface area contributed by atoms with Gasteiger partial charge in [0.2, 0.25) is 6.79 Å². The molecule has 0 aliphatic carbocycles. The summed E-state index contributed by atoms with van der Waals surface area (Å²) in [5.41, 5.74) is 2.17. The van der Waals surface area contributed by atoms with Crippen molar-refractivity contribution in [3.8, 4) is 17.2 Å². The van der Waals surface area contributed by atoms with Gasteiger partial charge >= 0.3 is 0 Å². The lowest BCUT2D eigenvalue weighted by Crippen LogP contribution is -2.54. The van der Waals surface area contributed by atoms with Crippen molar-refractivity contribution >= 4 is 40.9 Å². The number of rotatable bonds is 4.